The predicted molar refractivity (Wildman–Crippen MR) is 69.6 cm³/mol. The van der Waals surface area contributed by atoms with Crippen molar-refractivity contribution in [1.29, 1.82) is 0 Å². The van der Waals surface area contributed by atoms with Gasteiger partial charge in [0.1, 0.15) is 5.75 Å². The molecular formula is C14H12F3N3O. The first-order chi connectivity index (χ1) is 9.99. The van der Waals surface area contributed by atoms with Crippen molar-refractivity contribution in [3.05, 3.63) is 41.2 Å². The summed E-state index contributed by atoms with van der Waals surface area (Å²) in [6, 6.07) is 6.61. The van der Waals surface area contributed by atoms with E-state index in [1.54, 1.807) is 24.3 Å². The number of nitrogens with one attached hydrogen (secondary N) is 1. The quantitative estimate of drug-likeness (QED) is 0.925. The first kappa shape index (κ1) is 13.8. The molecule has 1 aromatic heterocycles. The molecule has 0 bridgehead atoms. The van der Waals surface area contributed by atoms with Gasteiger partial charge in [0.2, 0.25) is 0 Å². The Balaban J connectivity index is 2.11. The number of aromatic nitrogens is 2. The van der Waals surface area contributed by atoms with Crippen molar-refractivity contribution in [3.63, 3.8) is 0 Å². The molecule has 0 radical (unpaired) electrons. The van der Waals surface area contributed by atoms with Crippen LogP contribution in [0.5, 0.6) is 5.75 Å². The van der Waals surface area contributed by atoms with Gasteiger partial charge in [0.25, 0.3) is 0 Å². The maximum absolute atomic E-state index is 13.1. The summed E-state index contributed by atoms with van der Waals surface area (Å²) >= 11 is 0. The van der Waals surface area contributed by atoms with Gasteiger partial charge in [0.05, 0.1) is 12.8 Å². The van der Waals surface area contributed by atoms with Crippen LogP contribution in [0.25, 0.3) is 11.4 Å². The van der Waals surface area contributed by atoms with Gasteiger partial charge in [-0.15, -0.1) is 0 Å². The molecule has 0 fully saturated rings. The molecular weight excluding hydrogens is 283 g/mol. The summed E-state index contributed by atoms with van der Waals surface area (Å²) in [5, 5.41) is 2.87. The molecule has 4 nitrogen and oxygen atoms in total. The highest BCUT2D eigenvalue weighted by atomic mass is 19.4. The molecule has 0 spiro atoms. The summed E-state index contributed by atoms with van der Waals surface area (Å²) in [5.74, 6) is 0.699. The highest BCUT2D eigenvalue weighted by Gasteiger charge is 2.38. The van der Waals surface area contributed by atoms with Gasteiger partial charge in [-0.3, -0.25) is 0 Å². The van der Waals surface area contributed by atoms with Crippen molar-refractivity contribution >= 4 is 0 Å². The first-order valence-corrected chi connectivity index (χ1v) is 6.31. The Morgan fingerprint density at radius 3 is 2.43 bits per heavy atom. The van der Waals surface area contributed by atoms with Crippen LogP contribution in [0.3, 0.4) is 0 Å². The Labute approximate surface area is 119 Å². The van der Waals surface area contributed by atoms with Crippen LogP contribution in [0.2, 0.25) is 0 Å². The third-order valence-corrected chi connectivity index (χ3v) is 3.30. The van der Waals surface area contributed by atoms with Crippen molar-refractivity contribution in [2.75, 3.05) is 7.11 Å². The Morgan fingerprint density at radius 2 is 1.81 bits per heavy atom. The zero-order valence-corrected chi connectivity index (χ0v) is 11.2. The Hall–Kier alpha value is -2.15. The van der Waals surface area contributed by atoms with Gasteiger partial charge in [-0.2, -0.15) is 13.2 Å². The van der Waals surface area contributed by atoms with E-state index in [-0.39, 0.29) is 17.9 Å². The third kappa shape index (κ3) is 2.56. The summed E-state index contributed by atoms with van der Waals surface area (Å²) in [6.07, 6.45) is -4.49. The lowest BCUT2D eigenvalue weighted by Crippen LogP contribution is -2.14. The lowest BCUT2D eigenvalue weighted by Gasteiger charge is -2.12. The van der Waals surface area contributed by atoms with Crippen molar-refractivity contribution in [2.45, 2.75) is 19.3 Å². The van der Waals surface area contributed by atoms with Gasteiger partial charge in [0.15, 0.2) is 11.5 Å². The van der Waals surface area contributed by atoms with Crippen molar-refractivity contribution in [1.82, 2.24) is 15.3 Å². The molecule has 1 aliphatic heterocycles. The van der Waals surface area contributed by atoms with E-state index in [1.165, 1.54) is 7.11 Å². The van der Waals surface area contributed by atoms with E-state index < -0.39 is 11.9 Å². The molecule has 0 saturated carbocycles. The Morgan fingerprint density at radius 1 is 1.10 bits per heavy atom. The molecule has 110 valence electrons. The molecule has 3 rings (SSSR count). The van der Waals surface area contributed by atoms with Crippen molar-refractivity contribution in [2.24, 2.45) is 0 Å². The van der Waals surface area contributed by atoms with E-state index in [0.29, 0.717) is 23.6 Å². The van der Waals surface area contributed by atoms with Crippen LogP contribution in [0, 0.1) is 0 Å². The molecule has 2 aromatic rings. The van der Waals surface area contributed by atoms with E-state index in [4.69, 9.17) is 4.74 Å². The number of ether oxygens (including phenoxy) is 1. The largest absolute Gasteiger partial charge is 0.497 e. The summed E-state index contributed by atoms with van der Waals surface area (Å²) in [5.41, 5.74) is 0.210. The second-order valence-electron chi connectivity index (χ2n) is 4.65. The molecule has 0 saturated heterocycles. The summed E-state index contributed by atoms with van der Waals surface area (Å²) in [7, 11) is 1.52. The summed E-state index contributed by atoms with van der Waals surface area (Å²) in [6.45, 7) is 0.469. The van der Waals surface area contributed by atoms with Gasteiger partial charge in [-0.25, -0.2) is 9.97 Å². The van der Waals surface area contributed by atoms with Crippen LogP contribution in [0.1, 0.15) is 17.0 Å². The summed E-state index contributed by atoms with van der Waals surface area (Å²) in [4.78, 5) is 7.96. The van der Waals surface area contributed by atoms with Gasteiger partial charge in [0, 0.05) is 24.2 Å². The van der Waals surface area contributed by atoms with E-state index >= 15 is 0 Å². The van der Waals surface area contributed by atoms with Crippen LogP contribution in [-0.4, -0.2) is 17.1 Å². The van der Waals surface area contributed by atoms with Crippen LogP contribution >= 0.6 is 0 Å². The summed E-state index contributed by atoms with van der Waals surface area (Å²) < 4.78 is 44.4. The maximum atomic E-state index is 13.1. The molecule has 0 unspecified atom stereocenters. The number of fused-ring (bicyclic) bond motifs is 1. The second-order valence-corrected chi connectivity index (χ2v) is 4.65. The SMILES string of the molecule is COc1ccc(-c2nc3c(c(C(F)(F)F)n2)CNC3)cc1. The van der Waals surface area contributed by atoms with Crippen LogP contribution in [-0.2, 0) is 19.3 Å². The van der Waals surface area contributed by atoms with Gasteiger partial charge >= 0.3 is 6.18 Å². The minimum atomic E-state index is -4.49. The molecule has 1 aliphatic rings. The number of benzene rings is 1. The smallest absolute Gasteiger partial charge is 0.433 e. The van der Waals surface area contributed by atoms with Crippen molar-refractivity contribution < 1.29 is 17.9 Å². The molecule has 0 amide bonds. The lowest BCUT2D eigenvalue weighted by atomic mass is 10.1. The Kier molecular flexibility index (Phi) is 3.29. The van der Waals surface area contributed by atoms with E-state index in [2.05, 4.69) is 15.3 Å². The molecule has 0 aliphatic carbocycles. The van der Waals surface area contributed by atoms with Crippen LogP contribution in [0.4, 0.5) is 13.2 Å². The van der Waals surface area contributed by atoms with Crippen LogP contribution < -0.4 is 10.1 Å². The number of hydrogen-bond donors (Lipinski definition) is 1. The predicted octanol–water partition coefficient (Wildman–Crippen LogP) is 2.77. The maximum Gasteiger partial charge on any atom is 0.433 e. The fraction of sp³-hybridized carbons (Fsp3) is 0.286. The molecule has 7 heteroatoms. The van der Waals surface area contributed by atoms with E-state index in [9.17, 15) is 13.2 Å². The average molecular weight is 295 g/mol. The fourth-order valence-electron chi connectivity index (χ4n) is 2.27. The van der Waals surface area contributed by atoms with Gasteiger partial charge in [-0.05, 0) is 24.3 Å². The minimum absolute atomic E-state index is 0.0763. The van der Waals surface area contributed by atoms with Crippen LogP contribution in [0.15, 0.2) is 24.3 Å². The molecule has 21 heavy (non-hydrogen) atoms. The Bertz CT molecular complexity index is 668. The van der Waals surface area contributed by atoms with Gasteiger partial charge < -0.3 is 10.1 Å². The number of rotatable bonds is 2. The molecule has 1 aromatic carbocycles. The number of methoxy groups -OCH3 is 1. The monoisotopic (exact) mass is 295 g/mol. The number of halogens is 3. The first-order valence-electron chi connectivity index (χ1n) is 6.31. The second kappa shape index (κ2) is 5.00. The zero-order valence-electron chi connectivity index (χ0n) is 11.2. The lowest BCUT2D eigenvalue weighted by molar-refractivity contribution is -0.141. The molecule has 1 N–H and O–H groups in total. The highest BCUT2D eigenvalue weighted by molar-refractivity contribution is 5.57. The number of alkyl halides is 3. The van der Waals surface area contributed by atoms with Crippen molar-refractivity contribution in [3.8, 4) is 17.1 Å². The van der Waals surface area contributed by atoms with E-state index in [1.807, 2.05) is 0 Å². The average Bonchev–Trinajstić information content (AvgIpc) is 2.93. The topological polar surface area (TPSA) is 47.0 Å². The fourth-order valence-corrected chi connectivity index (χ4v) is 2.27. The zero-order chi connectivity index (χ0) is 15.0. The molecule has 0 atom stereocenters. The number of nitrogens with zero attached hydrogens (tertiary/aromatic N) is 2. The van der Waals surface area contributed by atoms with Gasteiger partial charge in [-0.1, -0.05) is 0 Å². The standard InChI is InChI=1S/C14H12F3N3O/c1-21-9-4-2-8(3-5-9)13-19-11-7-18-6-10(11)12(20-13)14(15,16)17/h2-5,18H,6-7H2,1H3. The highest BCUT2D eigenvalue weighted by Crippen LogP contribution is 2.34. The third-order valence-electron chi connectivity index (χ3n) is 3.30. The number of hydrogen-bond acceptors (Lipinski definition) is 4. The normalized spacial score (nSPS) is 14.1. The minimum Gasteiger partial charge on any atom is -0.497 e. The molecule has 2 heterocycles. The van der Waals surface area contributed by atoms with E-state index in [0.717, 1.165) is 0 Å².